The number of ether oxygens (including phenoxy) is 1. The van der Waals surface area contributed by atoms with Crippen LogP contribution in [0.15, 0.2) is 52.1 Å². The summed E-state index contributed by atoms with van der Waals surface area (Å²) < 4.78 is 6.37. The fourth-order valence-corrected chi connectivity index (χ4v) is 5.47. The number of halogens is 1. The highest BCUT2D eigenvalue weighted by Gasteiger charge is 2.45. The lowest BCUT2D eigenvalue weighted by Crippen LogP contribution is -2.35. The number of aromatic nitrogens is 1. The van der Waals surface area contributed by atoms with Crippen LogP contribution in [0.5, 0.6) is 5.75 Å². The number of nitrogens with zero attached hydrogens (tertiary/aromatic N) is 3. The average Bonchev–Trinajstić information content (AvgIpc) is 3.21. The molecule has 2 aliphatic heterocycles. The number of pyridine rings is 1. The molecule has 1 saturated heterocycles. The largest absolute Gasteiger partial charge is 0.496 e. The summed E-state index contributed by atoms with van der Waals surface area (Å²) >= 11 is 5.50. The third-order valence-corrected chi connectivity index (χ3v) is 6.59. The van der Waals surface area contributed by atoms with Crippen LogP contribution in [0, 0.1) is 0 Å². The van der Waals surface area contributed by atoms with E-state index in [0.29, 0.717) is 6.04 Å². The molecule has 0 amide bonds. The first-order valence-corrected chi connectivity index (χ1v) is 10.2. The molecule has 25 heavy (non-hydrogen) atoms. The molecule has 1 aromatic carbocycles. The molecule has 2 aliphatic rings. The standard InChI is InChI=1S/C19H20BrN3OS/c1-3-13-11-25-19-22-17(15-6-4-5-9-21-15)18(23(13)19)12-7-8-16(24-2)14(20)10-12/h4-10,13,17-18H,3,11H2,1-2H3. The second kappa shape index (κ2) is 7.00. The van der Waals surface area contributed by atoms with Gasteiger partial charge < -0.3 is 9.64 Å². The molecule has 3 unspecified atom stereocenters. The Morgan fingerprint density at radius 2 is 2.20 bits per heavy atom. The molecule has 6 heteroatoms. The second-order valence-corrected chi connectivity index (χ2v) is 8.07. The van der Waals surface area contributed by atoms with Gasteiger partial charge in [0.05, 0.1) is 23.3 Å². The van der Waals surface area contributed by atoms with Crippen LogP contribution in [0.4, 0.5) is 0 Å². The fraction of sp³-hybridized carbons (Fsp3) is 0.368. The van der Waals surface area contributed by atoms with Gasteiger partial charge in [-0.05, 0) is 52.2 Å². The molecule has 130 valence electrons. The average molecular weight is 418 g/mol. The van der Waals surface area contributed by atoms with E-state index in [0.717, 1.165) is 33.3 Å². The van der Waals surface area contributed by atoms with Crippen molar-refractivity contribution in [2.75, 3.05) is 12.9 Å². The van der Waals surface area contributed by atoms with E-state index in [-0.39, 0.29) is 12.1 Å². The molecule has 0 radical (unpaired) electrons. The first kappa shape index (κ1) is 16.9. The molecule has 2 aromatic rings. The summed E-state index contributed by atoms with van der Waals surface area (Å²) in [4.78, 5) is 12.1. The van der Waals surface area contributed by atoms with Gasteiger partial charge in [0.2, 0.25) is 0 Å². The van der Waals surface area contributed by atoms with Crippen molar-refractivity contribution >= 4 is 32.9 Å². The Kier molecular flexibility index (Phi) is 4.73. The zero-order valence-electron chi connectivity index (χ0n) is 14.2. The van der Waals surface area contributed by atoms with Gasteiger partial charge in [-0.15, -0.1) is 0 Å². The number of hydrogen-bond donors (Lipinski definition) is 0. The molecule has 0 saturated carbocycles. The zero-order chi connectivity index (χ0) is 17.4. The van der Waals surface area contributed by atoms with Crippen LogP contribution in [0.25, 0.3) is 0 Å². The Bertz CT molecular complexity index is 799. The minimum Gasteiger partial charge on any atom is -0.496 e. The van der Waals surface area contributed by atoms with Gasteiger partial charge in [-0.3, -0.25) is 9.98 Å². The molecule has 0 spiro atoms. The highest BCUT2D eigenvalue weighted by molar-refractivity contribution is 9.10. The van der Waals surface area contributed by atoms with Gasteiger partial charge in [-0.2, -0.15) is 0 Å². The predicted octanol–water partition coefficient (Wildman–Crippen LogP) is 4.83. The normalized spacial score (nSPS) is 25.0. The summed E-state index contributed by atoms with van der Waals surface area (Å²) in [6, 6.07) is 13.1. The SMILES string of the molecule is CCC1CSC2=NC(c3ccccn3)C(c3ccc(OC)c(Br)c3)N21. The first-order valence-electron chi connectivity index (χ1n) is 8.46. The van der Waals surface area contributed by atoms with E-state index in [1.807, 2.05) is 36.2 Å². The Balaban J connectivity index is 1.79. The minimum absolute atomic E-state index is 0.0262. The van der Waals surface area contributed by atoms with E-state index in [2.05, 4.69) is 50.9 Å². The summed E-state index contributed by atoms with van der Waals surface area (Å²) in [5, 5.41) is 1.15. The molecule has 3 atom stereocenters. The number of rotatable bonds is 4. The number of thioether (sulfide) groups is 1. The number of hydrogen-bond acceptors (Lipinski definition) is 5. The third-order valence-electron chi connectivity index (χ3n) is 4.85. The lowest BCUT2D eigenvalue weighted by molar-refractivity contribution is 0.255. The van der Waals surface area contributed by atoms with Crippen molar-refractivity contribution in [3.05, 3.63) is 58.3 Å². The van der Waals surface area contributed by atoms with E-state index < -0.39 is 0 Å². The van der Waals surface area contributed by atoms with Crippen LogP contribution in [-0.2, 0) is 0 Å². The van der Waals surface area contributed by atoms with Gasteiger partial charge in [-0.1, -0.05) is 30.8 Å². The minimum atomic E-state index is 0.0262. The van der Waals surface area contributed by atoms with Crippen LogP contribution < -0.4 is 4.74 Å². The maximum Gasteiger partial charge on any atom is 0.160 e. The monoisotopic (exact) mass is 417 g/mol. The van der Waals surface area contributed by atoms with E-state index in [9.17, 15) is 0 Å². The van der Waals surface area contributed by atoms with Crippen molar-refractivity contribution < 1.29 is 4.74 Å². The summed E-state index contributed by atoms with van der Waals surface area (Å²) in [5.74, 6) is 1.96. The maximum absolute atomic E-state index is 5.40. The third kappa shape index (κ3) is 2.95. The van der Waals surface area contributed by atoms with Crippen LogP contribution >= 0.6 is 27.7 Å². The fourth-order valence-electron chi connectivity index (χ4n) is 3.58. The Hall–Kier alpha value is -1.53. The second-order valence-electron chi connectivity index (χ2n) is 6.23. The van der Waals surface area contributed by atoms with Crippen molar-refractivity contribution in [1.29, 1.82) is 0 Å². The lowest BCUT2D eigenvalue weighted by atomic mass is 9.95. The maximum atomic E-state index is 5.40. The molecule has 1 aromatic heterocycles. The molecule has 0 aliphatic carbocycles. The van der Waals surface area contributed by atoms with Gasteiger partial charge in [-0.25, -0.2) is 0 Å². The van der Waals surface area contributed by atoms with Crippen molar-refractivity contribution in [2.24, 2.45) is 4.99 Å². The van der Waals surface area contributed by atoms with Crippen molar-refractivity contribution in [3.8, 4) is 5.75 Å². The molecule has 0 bridgehead atoms. The Morgan fingerprint density at radius 3 is 2.88 bits per heavy atom. The van der Waals surface area contributed by atoms with E-state index >= 15 is 0 Å². The van der Waals surface area contributed by atoms with Crippen LogP contribution in [0.1, 0.15) is 36.7 Å². The van der Waals surface area contributed by atoms with Crippen LogP contribution in [0.3, 0.4) is 0 Å². The van der Waals surface area contributed by atoms with Gasteiger partial charge >= 0.3 is 0 Å². The van der Waals surface area contributed by atoms with Gasteiger partial charge in [0.1, 0.15) is 11.8 Å². The van der Waals surface area contributed by atoms with Crippen LogP contribution in [-0.4, -0.2) is 34.0 Å². The zero-order valence-corrected chi connectivity index (χ0v) is 16.6. The van der Waals surface area contributed by atoms with Gasteiger partial charge in [0.25, 0.3) is 0 Å². The van der Waals surface area contributed by atoms with E-state index in [1.54, 1.807) is 7.11 Å². The number of aliphatic imine (C=N–C) groups is 1. The number of methoxy groups -OCH3 is 1. The van der Waals surface area contributed by atoms with E-state index in [1.165, 1.54) is 5.56 Å². The predicted molar refractivity (Wildman–Crippen MR) is 106 cm³/mol. The first-order chi connectivity index (χ1) is 12.2. The number of fused-ring (bicyclic) bond motifs is 1. The van der Waals surface area contributed by atoms with E-state index in [4.69, 9.17) is 9.73 Å². The highest BCUT2D eigenvalue weighted by Crippen LogP contribution is 2.49. The van der Waals surface area contributed by atoms with Gasteiger partial charge in [0, 0.05) is 18.0 Å². The molecular formula is C19H20BrN3OS. The van der Waals surface area contributed by atoms with Crippen molar-refractivity contribution in [1.82, 2.24) is 9.88 Å². The molecular weight excluding hydrogens is 398 g/mol. The topological polar surface area (TPSA) is 37.7 Å². The van der Waals surface area contributed by atoms with Crippen molar-refractivity contribution in [2.45, 2.75) is 31.5 Å². The van der Waals surface area contributed by atoms with Crippen LogP contribution in [0.2, 0.25) is 0 Å². The number of benzene rings is 1. The highest BCUT2D eigenvalue weighted by atomic mass is 79.9. The molecule has 3 heterocycles. The summed E-state index contributed by atoms with van der Waals surface area (Å²) in [5.41, 5.74) is 2.26. The quantitative estimate of drug-likeness (QED) is 0.713. The Morgan fingerprint density at radius 1 is 1.32 bits per heavy atom. The molecule has 4 rings (SSSR count). The van der Waals surface area contributed by atoms with Gasteiger partial charge in [0.15, 0.2) is 5.17 Å². The molecule has 4 nitrogen and oxygen atoms in total. The summed E-state index contributed by atoms with van der Waals surface area (Å²) in [6.07, 6.45) is 2.97. The summed E-state index contributed by atoms with van der Waals surface area (Å²) in [7, 11) is 1.69. The Labute approximate surface area is 160 Å². The smallest absolute Gasteiger partial charge is 0.160 e. The van der Waals surface area contributed by atoms with Crippen molar-refractivity contribution in [3.63, 3.8) is 0 Å². The molecule has 0 N–H and O–H groups in total. The molecule has 1 fully saturated rings. The lowest BCUT2D eigenvalue weighted by Gasteiger charge is -2.32. The number of amidine groups is 1. The summed E-state index contributed by atoms with van der Waals surface area (Å²) in [6.45, 7) is 2.25.